The van der Waals surface area contributed by atoms with Gasteiger partial charge in [0, 0.05) is 12.0 Å². The summed E-state index contributed by atoms with van der Waals surface area (Å²) in [6.07, 6.45) is 1.22. The van der Waals surface area contributed by atoms with Gasteiger partial charge in [0.2, 0.25) is 0 Å². The zero-order valence-corrected chi connectivity index (χ0v) is 6.49. The summed E-state index contributed by atoms with van der Waals surface area (Å²) in [5.74, 6) is 0.0514. The van der Waals surface area contributed by atoms with Crippen molar-refractivity contribution in [2.24, 2.45) is 0 Å². The third-order valence-electron chi connectivity index (χ3n) is 0.901. The lowest BCUT2D eigenvalue weighted by molar-refractivity contribution is 0.357. The molecule has 0 saturated heterocycles. The van der Waals surface area contributed by atoms with Gasteiger partial charge in [-0.25, -0.2) is 8.42 Å². The fourth-order valence-electron chi connectivity index (χ4n) is 0.335. The Morgan fingerprint density at radius 3 is 2.60 bits per heavy atom. The summed E-state index contributed by atoms with van der Waals surface area (Å²) >= 11 is 0. The molecule has 0 radical (unpaired) electrons. The fourth-order valence-corrected chi connectivity index (χ4v) is 0.917. The van der Waals surface area contributed by atoms with Gasteiger partial charge in [-0.05, 0) is 0 Å². The molecule has 3 nitrogen and oxygen atoms in total. The zero-order valence-electron chi connectivity index (χ0n) is 5.67. The molecule has 0 bridgehead atoms. The van der Waals surface area contributed by atoms with Gasteiger partial charge in [0.25, 0.3) is 0 Å². The molecule has 0 saturated carbocycles. The number of nitrogens with one attached hydrogen (secondary N) is 1. The van der Waals surface area contributed by atoms with Crippen LogP contribution < -0.4 is 5.54 Å². The molecule has 0 aromatic carbocycles. The molecule has 0 aliphatic heterocycles. The molecule has 60 valence electrons. The standard InChI is InChI=1S/C5H10FNO2S/c1-2-10(8,9)5-3-4-7-6/h3,5,7H,2,4H2,1H3. The maximum Gasteiger partial charge on any atom is 0.171 e. The van der Waals surface area contributed by atoms with Crippen molar-refractivity contribution < 1.29 is 12.9 Å². The Bertz CT molecular complexity index is 198. The first kappa shape index (κ1) is 9.58. The molecule has 0 unspecified atom stereocenters. The first-order chi connectivity index (χ1) is 4.62. The Kier molecular flexibility index (Phi) is 4.22. The van der Waals surface area contributed by atoms with E-state index >= 15 is 0 Å². The van der Waals surface area contributed by atoms with Crippen LogP contribution in [0.2, 0.25) is 0 Å². The number of hydrogen-bond donors (Lipinski definition) is 1. The van der Waals surface area contributed by atoms with E-state index in [0.717, 1.165) is 5.41 Å². The Labute approximate surface area is 59.8 Å². The van der Waals surface area contributed by atoms with E-state index in [1.165, 1.54) is 18.5 Å². The van der Waals surface area contributed by atoms with E-state index in [9.17, 15) is 12.9 Å². The van der Waals surface area contributed by atoms with E-state index in [-0.39, 0.29) is 12.3 Å². The largest absolute Gasteiger partial charge is 0.224 e. The minimum atomic E-state index is -3.08. The smallest absolute Gasteiger partial charge is 0.171 e. The van der Waals surface area contributed by atoms with Crippen LogP contribution in [0.1, 0.15) is 6.92 Å². The summed E-state index contributed by atoms with van der Waals surface area (Å²) in [5, 5.41) is 1.000. The first-order valence-electron chi connectivity index (χ1n) is 2.85. The van der Waals surface area contributed by atoms with Crippen molar-refractivity contribution >= 4 is 9.84 Å². The molecule has 10 heavy (non-hydrogen) atoms. The highest BCUT2D eigenvalue weighted by Gasteiger charge is 1.98. The summed E-state index contributed by atoms with van der Waals surface area (Å²) in [6, 6.07) is 0. The van der Waals surface area contributed by atoms with E-state index in [4.69, 9.17) is 0 Å². The molecule has 0 aromatic rings. The SMILES string of the molecule is CCS(=O)(=O)C=CCNF. The van der Waals surface area contributed by atoms with Gasteiger partial charge in [0.15, 0.2) is 9.84 Å². The van der Waals surface area contributed by atoms with Gasteiger partial charge in [0.1, 0.15) is 0 Å². The quantitative estimate of drug-likeness (QED) is 0.617. The molecule has 0 aliphatic rings. The Hall–Kier alpha value is -0.420. The number of sulfone groups is 1. The fraction of sp³-hybridized carbons (Fsp3) is 0.600. The van der Waals surface area contributed by atoms with Crippen LogP contribution in [0.25, 0.3) is 0 Å². The molecule has 0 aromatic heterocycles. The molecule has 0 heterocycles. The molecule has 0 fully saturated rings. The highest BCUT2D eigenvalue weighted by molar-refractivity contribution is 7.94. The summed E-state index contributed by atoms with van der Waals surface area (Å²) in [4.78, 5) is 0. The predicted octanol–water partition coefficient (Wildman–Crippen LogP) is 0.409. The summed E-state index contributed by atoms with van der Waals surface area (Å²) in [6.45, 7) is 1.46. The van der Waals surface area contributed by atoms with E-state index in [0.29, 0.717) is 0 Å². The Balaban J connectivity index is 3.89. The van der Waals surface area contributed by atoms with Crippen molar-refractivity contribution in [3.05, 3.63) is 11.5 Å². The Morgan fingerprint density at radius 2 is 2.20 bits per heavy atom. The lowest BCUT2D eigenvalue weighted by Crippen LogP contribution is -2.01. The second kappa shape index (κ2) is 4.40. The average Bonchev–Trinajstić information content (AvgIpc) is 1.89. The zero-order chi connectivity index (χ0) is 8.04. The number of halogens is 1. The second-order valence-electron chi connectivity index (χ2n) is 1.66. The lowest BCUT2D eigenvalue weighted by Gasteiger charge is -1.89. The van der Waals surface area contributed by atoms with Crippen LogP contribution in [-0.2, 0) is 9.84 Å². The molecule has 0 spiro atoms. The predicted molar refractivity (Wildman–Crippen MR) is 37.7 cm³/mol. The van der Waals surface area contributed by atoms with Crippen LogP contribution in [0.3, 0.4) is 0 Å². The van der Waals surface area contributed by atoms with Gasteiger partial charge in [-0.3, -0.25) is 0 Å². The summed E-state index contributed by atoms with van der Waals surface area (Å²) in [5.41, 5.74) is 1.31. The van der Waals surface area contributed by atoms with Gasteiger partial charge < -0.3 is 0 Å². The Morgan fingerprint density at radius 1 is 1.60 bits per heavy atom. The average molecular weight is 167 g/mol. The normalized spacial score (nSPS) is 12.6. The van der Waals surface area contributed by atoms with Crippen molar-refractivity contribution in [1.29, 1.82) is 0 Å². The van der Waals surface area contributed by atoms with Gasteiger partial charge in [-0.1, -0.05) is 13.0 Å². The van der Waals surface area contributed by atoms with Crippen LogP contribution in [0.15, 0.2) is 11.5 Å². The van der Waals surface area contributed by atoms with Crippen LogP contribution >= 0.6 is 0 Å². The number of hydrogen-bond acceptors (Lipinski definition) is 3. The van der Waals surface area contributed by atoms with E-state index in [1.54, 1.807) is 0 Å². The highest BCUT2D eigenvalue weighted by atomic mass is 32.2. The molecule has 1 N–H and O–H groups in total. The first-order valence-corrected chi connectivity index (χ1v) is 4.56. The molecular formula is C5H10FNO2S. The van der Waals surface area contributed by atoms with Crippen LogP contribution in [0, 0.1) is 0 Å². The van der Waals surface area contributed by atoms with Gasteiger partial charge >= 0.3 is 0 Å². The molecular weight excluding hydrogens is 157 g/mol. The number of rotatable bonds is 4. The maximum absolute atomic E-state index is 11.2. The van der Waals surface area contributed by atoms with Crippen molar-refractivity contribution in [2.45, 2.75) is 6.92 Å². The minimum Gasteiger partial charge on any atom is -0.224 e. The molecule has 5 heteroatoms. The van der Waals surface area contributed by atoms with Gasteiger partial charge in [-0.2, -0.15) is 5.54 Å². The molecule has 0 rings (SSSR count). The monoisotopic (exact) mass is 167 g/mol. The molecule has 0 amide bonds. The molecule has 0 atom stereocenters. The van der Waals surface area contributed by atoms with E-state index in [1.807, 2.05) is 0 Å². The maximum atomic E-state index is 11.2. The molecule has 0 aliphatic carbocycles. The van der Waals surface area contributed by atoms with Gasteiger partial charge in [-0.15, -0.1) is 4.48 Å². The second-order valence-corrected chi connectivity index (χ2v) is 3.84. The van der Waals surface area contributed by atoms with Gasteiger partial charge in [0.05, 0.1) is 5.75 Å². The van der Waals surface area contributed by atoms with Crippen molar-refractivity contribution in [3.63, 3.8) is 0 Å². The van der Waals surface area contributed by atoms with Crippen LogP contribution in [0.5, 0.6) is 0 Å². The topological polar surface area (TPSA) is 46.2 Å². The summed E-state index contributed by atoms with van der Waals surface area (Å²) in [7, 11) is -3.08. The highest BCUT2D eigenvalue weighted by Crippen LogP contribution is 1.89. The van der Waals surface area contributed by atoms with Crippen LogP contribution in [0.4, 0.5) is 4.48 Å². The third kappa shape index (κ3) is 4.46. The lowest BCUT2D eigenvalue weighted by atomic mass is 10.7. The minimum absolute atomic E-state index is 0.0514. The van der Waals surface area contributed by atoms with E-state index < -0.39 is 9.84 Å². The van der Waals surface area contributed by atoms with Crippen molar-refractivity contribution in [3.8, 4) is 0 Å². The van der Waals surface area contributed by atoms with Crippen molar-refractivity contribution in [1.82, 2.24) is 5.54 Å². The van der Waals surface area contributed by atoms with Crippen molar-refractivity contribution in [2.75, 3.05) is 12.3 Å². The van der Waals surface area contributed by atoms with E-state index in [2.05, 4.69) is 0 Å². The summed E-state index contributed by atoms with van der Waals surface area (Å²) < 4.78 is 32.5. The van der Waals surface area contributed by atoms with Crippen LogP contribution in [-0.4, -0.2) is 20.7 Å². The third-order valence-corrected chi connectivity index (χ3v) is 2.31.